The first-order valence-corrected chi connectivity index (χ1v) is 6.80. The minimum Gasteiger partial charge on any atom is -0.326 e. The number of hydrogen-bond acceptors (Lipinski definition) is 1. The molecule has 0 amide bonds. The number of aryl methyl sites for hydroxylation is 2. The molecule has 100 valence electrons. The third-order valence-corrected chi connectivity index (χ3v) is 3.57. The normalized spacial score (nSPS) is 10.7. The monoisotopic (exact) mass is 257 g/mol. The van der Waals surface area contributed by atoms with Gasteiger partial charge in [0.15, 0.2) is 0 Å². The van der Waals surface area contributed by atoms with Gasteiger partial charge in [0.05, 0.1) is 0 Å². The van der Waals surface area contributed by atoms with E-state index in [1.54, 1.807) is 0 Å². The van der Waals surface area contributed by atoms with E-state index in [0.717, 1.165) is 29.5 Å². The number of hydrogen-bond donors (Lipinski definition) is 1. The largest absolute Gasteiger partial charge is 0.326 e. The van der Waals surface area contributed by atoms with Crippen molar-refractivity contribution in [3.8, 4) is 11.1 Å². The smallest absolute Gasteiger partial charge is 0.123 e. The van der Waals surface area contributed by atoms with E-state index in [9.17, 15) is 4.39 Å². The summed E-state index contributed by atoms with van der Waals surface area (Å²) in [5.41, 5.74) is 11.5. The van der Waals surface area contributed by atoms with Crippen LogP contribution in [-0.4, -0.2) is 0 Å². The van der Waals surface area contributed by atoms with Gasteiger partial charge >= 0.3 is 0 Å². The van der Waals surface area contributed by atoms with Gasteiger partial charge in [0.2, 0.25) is 0 Å². The van der Waals surface area contributed by atoms with Crippen molar-refractivity contribution in [2.45, 2.75) is 33.2 Å². The summed E-state index contributed by atoms with van der Waals surface area (Å²) in [5, 5.41) is 0. The van der Waals surface area contributed by atoms with E-state index in [0.29, 0.717) is 6.54 Å². The Morgan fingerprint density at radius 1 is 0.895 bits per heavy atom. The number of nitrogens with two attached hydrogens (primary N) is 1. The maximum Gasteiger partial charge on any atom is 0.123 e. The molecule has 2 aromatic rings. The van der Waals surface area contributed by atoms with E-state index in [1.165, 1.54) is 23.3 Å². The van der Waals surface area contributed by atoms with Gasteiger partial charge in [-0.1, -0.05) is 38.1 Å². The molecule has 2 heteroatoms. The van der Waals surface area contributed by atoms with Crippen molar-refractivity contribution in [2.24, 2.45) is 5.73 Å². The predicted octanol–water partition coefficient (Wildman–Crippen LogP) is 4.08. The van der Waals surface area contributed by atoms with Gasteiger partial charge in [0, 0.05) is 6.54 Å². The molecule has 0 bridgehead atoms. The molecule has 0 fully saturated rings. The molecule has 0 saturated carbocycles. The Kier molecular flexibility index (Phi) is 4.33. The molecule has 0 unspecified atom stereocenters. The molecule has 0 atom stereocenters. The average Bonchev–Trinajstić information content (AvgIpc) is 2.46. The van der Waals surface area contributed by atoms with Crippen LogP contribution in [0.2, 0.25) is 0 Å². The van der Waals surface area contributed by atoms with Crippen molar-refractivity contribution in [3.05, 3.63) is 58.9 Å². The Hall–Kier alpha value is -1.67. The summed E-state index contributed by atoms with van der Waals surface area (Å²) < 4.78 is 13.3. The lowest BCUT2D eigenvalue weighted by molar-refractivity contribution is 0.625. The molecular formula is C17H20FN. The van der Waals surface area contributed by atoms with Gasteiger partial charge in [-0.3, -0.25) is 0 Å². The fourth-order valence-corrected chi connectivity index (χ4v) is 2.48. The summed E-state index contributed by atoms with van der Waals surface area (Å²) in [7, 11) is 0. The van der Waals surface area contributed by atoms with Crippen LogP contribution >= 0.6 is 0 Å². The van der Waals surface area contributed by atoms with E-state index < -0.39 is 0 Å². The minimum atomic E-state index is -0.231. The zero-order chi connectivity index (χ0) is 13.8. The van der Waals surface area contributed by atoms with Crippen molar-refractivity contribution in [3.63, 3.8) is 0 Å². The Balaban J connectivity index is 2.53. The molecule has 0 aliphatic rings. The van der Waals surface area contributed by atoms with Crippen LogP contribution in [0, 0.1) is 5.82 Å². The lowest BCUT2D eigenvalue weighted by atomic mass is 9.94. The Morgan fingerprint density at radius 3 is 2.26 bits per heavy atom. The summed E-state index contributed by atoms with van der Waals surface area (Å²) in [6.45, 7) is 4.67. The number of rotatable bonds is 4. The first-order chi connectivity index (χ1) is 9.19. The Labute approximate surface area is 114 Å². The van der Waals surface area contributed by atoms with E-state index >= 15 is 0 Å². The van der Waals surface area contributed by atoms with Gasteiger partial charge in [-0.2, -0.15) is 0 Å². The van der Waals surface area contributed by atoms with Gasteiger partial charge in [-0.15, -0.1) is 0 Å². The highest BCUT2D eigenvalue weighted by Crippen LogP contribution is 2.27. The molecule has 0 spiro atoms. The molecule has 2 aromatic carbocycles. The standard InChI is InChI=1S/C17H20FN/c1-3-12-5-6-14(9-13(12)4-2)17-8-7-16(18)10-15(17)11-19/h5-10H,3-4,11,19H2,1-2H3. The van der Waals surface area contributed by atoms with E-state index in [-0.39, 0.29) is 5.82 Å². The summed E-state index contributed by atoms with van der Waals surface area (Å²) >= 11 is 0. The first kappa shape index (κ1) is 13.8. The SMILES string of the molecule is CCc1ccc(-c2ccc(F)cc2CN)cc1CC. The van der Waals surface area contributed by atoms with Gasteiger partial charge in [-0.25, -0.2) is 4.39 Å². The fourth-order valence-electron chi connectivity index (χ4n) is 2.48. The summed E-state index contributed by atoms with van der Waals surface area (Å²) in [4.78, 5) is 0. The summed E-state index contributed by atoms with van der Waals surface area (Å²) in [6.07, 6.45) is 2.05. The highest BCUT2D eigenvalue weighted by Gasteiger charge is 2.07. The molecule has 0 heterocycles. The molecular weight excluding hydrogens is 237 g/mol. The van der Waals surface area contributed by atoms with Crippen molar-refractivity contribution in [1.29, 1.82) is 0 Å². The quantitative estimate of drug-likeness (QED) is 0.877. The van der Waals surface area contributed by atoms with E-state index in [2.05, 4.69) is 32.0 Å². The molecule has 0 aromatic heterocycles. The van der Waals surface area contributed by atoms with Crippen LogP contribution in [0.3, 0.4) is 0 Å². The van der Waals surface area contributed by atoms with Gasteiger partial charge < -0.3 is 5.73 Å². The van der Waals surface area contributed by atoms with Crippen LogP contribution in [0.5, 0.6) is 0 Å². The highest BCUT2D eigenvalue weighted by molar-refractivity contribution is 5.68. The van der Waals surface area contributed by atoms with Gasteiger partial charge in [0.25, 0.3) is 0 Å². The van der Waals surface area contributed by atoms with E-state index in [4.69, 9.17) is 5.73 Å². The molecule has 19 heavy (non-hydrogen) atoms. The highest BCUT2D eigenvalue weighted by atomic mass is 19.1. The zero-order valence-electron chi connectivity index (χ0n) is 11.5. The number of benzene rings is 2. The summed E-state index contributed by atoms with van der Waals surface area (Å²) in [5.74, 6) is -0.231. The second kappa shape index (κ2) is 5.98. The second-order valence-corrected chi connectivity index (χ2v) is 4.70. The molecule has 1 nitrogen and oxygen atoms in total. The number of halogens is 1. The third kappa shape index (κ3) is 2.85. The van der Waals surface area contributed by atoms with Crippen LogP contribution < -0.4 is 5.73 Å². The minimum absolute atomic E-state index is 0.231. The average molecular weight is 257 g/mol. The van der Waals surface area contributed by atoms with Crippen LogP contribution in [0.15, 0.2) is 36.4 Å². The molecule has 2 N–H and O–H groups in total. The topological polar surface area (TPSA) is 26.0 Å². The third-order valence-electron chi connectivity index (χ3n) is 3.57. The van der Waals surface area contributed by atoms with Crippen molar-refractivity contribution in [1.82, 2.24) is 0 Å². The molecule has 0 aliphatic heterocycles. The lowest BCUT2D eigenvalue weighted by Gasteiger charge is -2.12. The van der Waals surface area contributed by atoms with E-state index in [1.807, 2.05) is 6.07 Å². The fraction of sp³-hybridized carbons (Fsp3) is 0.294. The van der Waals surface area contributed by atoms with Gasteiger partial charge in [-0.05, 0) is 52.8 Å². The summed E-state index contributed by atoms with van der Waals surface area (Å²) in [6, 6.07) is 11.3. The van der Waals surface area contributed by atoms with Crippen LogP contribution in [-0.2, 0) is 19.4 Å². The molecule has 2 rings (SSSR count). The van der Waals surface area contributed by atoms with Crippen molar-refractivity contribution in [2.75, 3.05) is 0 Å². The molecule has 0 aliphatic carbocycles. The second-order valence-electron chi connectivity index (χ2n) is 4.70. The van der Waals surface area contributed by atoms with Crippen molar-refractivity contribution >= 4 is 0 Å². The predicted molar refractivity (Wildman–Crippen MR) is 78.5 cm³/mol. The Morgan fingerprint density at radius 2 is 1.63 bits per heavy atom. The van der Waals surface area contributed by atoms with Crippen molar-refractivity contribution < 1.29 is 4.39 Å². The Bertz CT molecular complexity index is 575. The molecule has 0 saturated heterocycles. The van der Waals surface area contributed by atoms with Crippen LogP contribution in [0.4, 0.5) is 4.39 Å². The zero-order valence-corrected chi connectivity index (χ0v) is 11.5. The van der Waals surface area contributed by atoms with Crippen LogP contribution in [0.1, 0.15) is 30.5 Å². The maximum absolute atomic E-state index is 13.3. The lowest BCUT2D eigenvalue weighted by Crippen LogP contribution is -2.00. The maximum atomic E-state index is 13.3. The van der Waals surface area contributed by atoms with Gasteiger partial charge in [0.1, 0.15) is 5.82 Å². The first-order valence-electron chi connectivity index (χ1n) is 6.80. The van der Waals surface area contributed by atoms with Crippen LogP contribution in [0.25, 0.3) is 11.1 Å². The molecule has 0 radical (unpaired) electrons.